The average molecular weight is 379 g/mol. The predicted molar refractivity (Wildman–Crippen MR) is 117 cm³/mol. The molecule has 0 spiro atoms. The molecule has 0 fully saturated rings. The highest BCUT2D eigenvalue weighted by molar-refractivity contribution is 5.84. The highest BCUT2D eigenvalue weighted by Gasteiger charge is 2.21. The van der Waals surface area contributed by atoms with E-state index in [9.17, 15) is 4.79 Å². The number of aromatic amines is 1. The molecule has 28 heavy (non-hydrogen) atoms. The first-order valence-corrected chi connectivity index (χ1v) is 9.66. The van der Waals surface area contributed by atoms with Crippen LogP contribution < -0.4 is 10.2 Å². The van der Waals surface area contributed by atoms with Crippen LogP contribution in [0.1, 0.15) is 24.0 Å². The molecule has 0 saturated carbocycles. The van der Waals surface area contributed by atoms with Gasteiger partial charge in [-0.15, -0.1) is 0 Å². The SMILES string of the molecule is C[C@@H](NC[C@@H](c1ccc(N(C)C)cc1)c1c[nH]c2ccccc12)C(=O)N(C)C. The third kappa shape index (κ3) is 4.20. The first kappa shape index (κ1) is 20.0. The first-order valence-electron chi connectivity index (χ1n) is 9.66. The fraction of sp³-hybridized carbons (Fsp3) is 0.348. The number of likely N-dealkylation sites (N-methyl/N-ethyl adjacent to an activating group) is 1. The van der Waals surface area contributed by atoms with Crippen LogP contribution >= 0.6 is 0 Å². The van der Waals surface area contributed by atoms with Crippen LogP contribution in [0.15, 0.2) is 54.7 Å². The van der Waals surface area contributed by atoms with Gasteiger partial charge in [0.05, 0.1) is 6.04 Å². The molecule has 0 unspecified atom stereocenters. The quantitative estimate of drug-likeness (QED) is 0.662. The number of carbonyl (C=O) groups excluding carboxylic acids is 1. The molecule has 0 bridgehead atoms. The Morgan fingerprint density at radius 1 is 1.04 bits per heavy atom. The van der Waals surface area contributed by atoms with Crippen molar-refractivity contribution in [1.29, 1.82) is 0 Å². The maximum absolute atomic E-state index is 12.3. The lowest BCUT2D eigenvalue weighted by Gasteiger charge is -2.23. The van der Waals surface area contributed by atoms with Crippen molar-refractivity contribution in [2.75, 3.05) is 39.6 Å². The maximum atomic E-state index is 12.3. The fourth-order valence-electron chi connectivity index (χ4n) is 3.56. The molecule has 5 heteroatoms. The second-order valence-corrected chi connectivity index (χ2v) is 7.69. The number of fused-ring (bicyclic) bond motifs is 1. The van der Waals surface area contributed by atoms with Crippen LogP contribution in [-0.4, -0.2) is 56.6 Å². The molecule has 1 amide bonds. The first-order chi connectivity index (χ1) is 13.4. The Hall–Kier alpha value is -2.79. The van der Waals surface area contributed by atoms with E-state index >= 15 is 0 Å². The van der Waals surface area contributed by atoms with Crippen LogP contribution in [0.25, 0.3) is 10.9 Å². The zero-order valence-corrected chi connectivity index (χ0v) is 17.4. The Labute approximate surface area is 167 Å². The van der Waals surface area contributed by atoms with Gasteiger partial charge in [-0.05, 0) is 36.2 Å². The molecule has 0 aliphatic heterocycles. The summed E-state index contributed by atoms with van der Waals surface area (Å²) in [5.41, 5.74) is 4.77. The molecule has 0 saturated heterocycles. The third-order valence-electron chi connectivity index (χ3n) is 5.25. The minimum atomic E-state index is -0.233. The van der Waals surface area contributed by atoms with E-state index in [1.165, 1.54) is 22.2 Å². The monoisotopic (exact) mass is 378 g/mol. The van der Waals surface area contributed by atoms with Gasteiger partial charge in [0.25, 0.3) is 0 Å². The van der Waals surface area contributed by atoms with Crippen LogP contribution in [-0.2, 0) is 4.79 Å². The molecule has 2 N–H and O–H groups in total. The zero-order chi connectivity index (χ0) is 20.3. The Bertz CT molecular complexity index is 927. The summed E-state index contributed by atoms with van der Waals surface area (Å²) in [5, 5.41) is 4.66. The molecule has 2 atom stereocenters. The number of aromatic nitrogens is 1. The van der Waals surface area contributed by atoms with Crippen molar-refractivity contribution in [1.82, 2.24) is 15.2 Å². The molecule has 0 aliphatic carbocycles. The maximum Gasteiger partial charge on any atom is 0.238 e. The number of hydrogen-bond donors (Lipinski definition) is 2. The third-order valence-corrected chi connectivity index (χ3v) is 5.25. The van der Waals surface area contributed by atoms with E-state index < -0.39 is 0 Å². The van der Waals surface area contributed by atoms with Gasteiger partial charge in [-0.2, -0.15) is 0 Å². The van der Waals surface area contributed by atoms with E-state index in [-0.39, 0.29) is 17.9 Å². The molecule has 1 heterocycles. The molecule has 2 aromatic carbocycles. The predicted octanol–water partition coefficient (Wildman–Crippen LogP) is 3.43. The van der Waals surface area contributed by atoms with Gasteiger partial charge >= 0.3 is 0 Å². The standard InChI is InChI=1S/C23H30N4O/c1-16(23(28)27(4)5)24-14-20(17-10-12-18(13-11-17)26(2)3)21-15-25-22-9-7-6-8-19(21)22/h6-13,15-16,20,24-25H,14H2,1-5H3/t16-,20+/m1/s1. The van der Waals surface area contributed by atoms with Crippen molar-refractivity contribution in [3.8, 4) is 0 Å². The summed E-state index contributed by atoms with van der Waals surface area (Å²) in [6.07, 6.45) is 2.09. The fourth-order valence-corrected chi connectivity index (χ4v) is 3.56. The Morgan fingerprint density at radius 3 is 2.36 bits per heavy atom. The lowest BCUT2D eigenvalue weighted by atomic mass is 9.90. The molecular formula is C23H30N4O. The van der Waals surface area contributed by atoms with E-state index in [1.54, 1.807) is 19.0 Å². The normalized spacial score (nSPS) is 13.3. The minimum Gasteiger partial charge on any atom is -0.378 e. The number of nitrogens with one attached hydrogen (secondary N) is 2. The minimum absolute atomic E-state index is 0.0839. The van der Waals surface area contributed by atoms with Crippen molar-refractivity contribution >= 4 is 22.5 Å². The average Bonchev–Trinajstić information content (AvgIpc) is 3.11. The summed E-state index contributed by atoms with van der Waals surface area (Å²) >= 11 is 0. The van der Waals surface area contributed by atoms with Gasteiger partial charge in [0, 0.05) is 63.4 Å². The van der Waals surface area contributed by atoms with Crippen molar-refractivity contribution in [2.24, 2.45) is 0 Å². The van der Waals surface area contributed by atoms with Crippen LogP contribution in [0, 0.1) is 0 Å². The lowest BCUT2D eigenvalue weighted by Crippen LogP contribution is -2.43. The summed E-state index contributed by atoms with van der Waals surface area (Å²) in [6, 6.07) is 16.8. The van der Waals surface area contributed by atoms with Gasteiger partial charge in [-0.3, -0.25) is 4.79 Å². The molecule has 0 aliphatic rings. The van der Waals surface area contributed by atoms with Gasteiger partial charge in [0.15, 0.2) is 0 Å². The van der Waals surface area contributed by atoms with Crippen molar-refractivity contribution in [3.05, 3.63) is 65.9 Å². The number of amides is 1. The smallest absolute Gasteiger partial charge is 0.238 e. The van der Waals surface area contributed by atoms with Crippen molar-refractivity contribution in [3.63, 3.8) is 0 Å². The van der Waals surface area contributed by atoms with E-state index in [0.29, 0.717) is 6.54 Å². The molecule has 148 valence electrons. The van der Waals surface area contributed by atoms with Gasteiger partial charge in [-0.25, -0.2) is 0 Å². The lowest BCUT2D eigenvalue weighted by molar-refractivity contribution is -0.130. The van der Waals surface area contributed by atoms with Crippen LogP contribution in [0.4, 0.5) is 5.69 Å². The summed E-state index contributed by atoms with van der Waals surface area (Å²) in [6.45, 7) is 2.60. The second kappa shape index (κ2) is 8.48. The zero-order valence-electron chi connectivity index (χ0n) is 17.4. The number of para-hydroxylation sites is 1. The second-order valence-electron chi connectivity index (χ2n) is 7.69. The number of anilines is 1. The molecule has 3 rings (SSSR count). The summed E-state index contributed by atoms with van der Waals surface area (Å²) in [4.78, 5) is 19.4. The highest BCUT2D eigenvalue weighted by Crippen LogP contribution is 2.31. The van der Waals surface area contributed by atoms with Gasteiger partial charge in [-0.1, -0.05) is 30.3 Å². The summed E-state index contributed by atoms with van der Waals surface area (Å²) < 4.78 is 0. The molecule has 1 aromatic heterocycles. The number of hydrogen-bond acceptors (Lipinski definition) is 3. The largest absolute Gasteiger partial charge is 0.378 e. The number of benzene rings is 2. The molecule has 5 nitrogen and oxygen atoms in total. The molecule has 0 radical (unpaired) electrons. The van der Waals surface area contributed by atoms with Crippen molar-refractivity contribution < 1.29 is 4.79 Å². The Balaban J connectivity index is 1.93. The van der Waals surface area contributed by atoms with Crippen LogP contribution in [0.3, 0.4) is 0 Å². The number of nitrogens with zero attached hydrogens (tertiary/aromatic N) is 2. The molecular weight excluding hydrogens is 348 g/mol. The van der Waals surface area contributed by atoms with Crippen LogP contribution in [0.2, 0.25) is 0 Å². The van der Waals surface area contributed by atoms with E-state index in [1.807, 2.05) is 27.1 Å². The number of carbonyl (C=O) groups is 1. The van der Waals surface area contributed by atoms with Crippen LogP contribution in [0.5, 0.6) is 0 Å². The Morgan fingerprint density at radius 2 is 1.71 bits per heavy atom. The van der Waals surface area contributed by atoms with Gasteiger partial charge in [0.2, 0.25) is 5.91 Å². The van der Waals surface area contributed by atoms with E-state index in [0.717, 1.165) is 5.52 Å². The molecule has 3 aromatic rings. The number of H-pyrrole nitrogens is 1. The Kier molecular flexibility index (Phi) is 6.05. The van der Waals surface area contributed by atoms with Gasteiger partial charge < -0.3 is 20.1 Å². The van der Waals surface area contributed by atoms with Crippen molar-refractivity contribution in [2.45, 2.75) is 18.9 Å². The van der Waals surface area contributed by atoms with Gasteiger partial charge in [0.1, 0.15) is 0 Å². The van der Waals surface area contributed by atoms with E-state index in [2.05, 4.69) is 63.9 Å². The topological polar surface area (TPSA) is 51.4 Å². The summed E-state index contributed by atoms with van der Waals surface area (Å²) in [5.74, 6) is 0.227. The highest BCUT2D eigenvalue weighted by atomic mass is 16.2. The summed E-state index contributed by atoms with van der Waals surface area (Å²) in [7, 11) is 7.67. The van der Waals surface area contributed by atoms with E-state index in [4.69, 9.17) is 0 Å². The number of rotatable bonds is 7.